The highest BCUT2D eigenvalue weighted by Gasteiger charge is 2.03. The van der Waals surface area contributed by atoms with Crippen LogP contribution in [0.1, 0.15) is 96.8 Å². The first kappa shape index (κ1) is 20.6. The molecule has 0 radical (unpaired) electrons. The Kier molecular flexibility index (Phi) is 13.0. The van der Waals surface area contributed by atoms with Crippen molar-refractivity contribution >= 4 is 11.9 Å². The second-order valence-corrected chi connectivity index (χ2v) is 6.61. The number of carbonyl (C=O) groups is 1. The summed E-state index contributed by atoms with van der Waals surface area (Å²) in [5.41, 5.74) is 0. The fourth-order valence-corrected chi connectivity index (χ4v) is 2.85. The Morgan fingerprint density at radius 2 is 1.25 bits per heavy atom. The van der Waals surface area contributed by atoms with Gasteiger partial charge in [-0.3, -0.25) is 10.1 Å². The zero-order chi connectivity index (χ0) is 17.3. The molecule has 1 aromatic rings. The molecule has 1 aromatic heterocycles. The Balaban J connectivity index is 1.81. The van der Waals surface area contributed by atoms with Crippen molar-refractivity contribution in [2.75, 3.05) is 5.32 Å². The molecule has 136 valence electrons. The molecule has 0 atom stereocenters. The highest BCUT2D eigenvalue weighted by atomic mass is 16.1. The molecule has 0 saturated carbocycles. The van der Waals surface area contributed by atoms with E-state index in [1.807, 2.05) is 0 Å². The summed E-state index contributed by atoms with van der Waals surface area (Å²) < 4.78 is 0. The third kappa shape index (κ3) is 12.0. The van der Waals surface area contributed by atoms with Gasteiger partial charge >= 0.3 is 0 Å². The molecule has 0 spiro atoms. The van der Waals surface area contributed by atoms with Gasteiger partial charge in [-0.15, -0.1) is 0 Å². The summed E-state index contributed by atoms with van der Waals surface area (Å²) in [6, 6.07) is 1.74. The minimum Gasteiger partial charge on any atom is -0.295 e. The van der Waals surface area contributed by atoms with Crippen LogP contribution in [-0.2, 0) is 4.79 Å². The van der Waals surface area contributed by atoms with E-state index < -0.39 is 0 Å². The highest BCUT2D eigenvalue weighted by molar-refractivity contribution is 5.88. The third-order valence-electron chi connectivity index (χ3n) is 4.32. The molecule has 0 bridgehead atoms. The van der Waals surface area contributed by atoms with Crippen molar-refractivity contribution in [2.45, 2.75) is 96.8 Å². The first-order valence-electron chi connectivity index (χ1n) is 9.90. The number of rotatable bonds is 15. The summed E-state index contributed by atoms with van der Waals surface area (Å²) >= 11 is 0. The van der Waals surface area contributed by atoms with Gasteiger partial charge in [0.25, 0.3) is 0 Å². The maximum atomic E-state index is 11.7. The Bertz CT molecular complexity index is 409. The topological polar surface area (TPSA) is 54.9 Å². The maximum absolute atomic E-state index is 11.7. The van der Waals surface area contributed by atoms with Crippen LogP contribution in [0.25, 0.3) is 0 Å². The van der Waals surface area contributed by atoms with Crippen LogP contribution in [0.3, 0.4) is 0 Å². The molecule has 4 nitrogen and oxygen atoms in total. The van der Waals surface area contributed by atoms with Crippen molar-refractivity contribution in [3.8, 4) is 0 Å². The van der Waals surface area contributed by atoms with Crippen LogP contribution in [0.5, 0.6) is 0 Å². The fraction of sp³-hybridized carbons (Fsp3) is 0.750. The lowest BCUT2D eigenvalue weighted by Gasteiger charge is -2.04. The quantitative estimate of drug-likeness (QED) is 0.407. The summed E-state index contributed by atoms with van der Waals surface area (Å²) in [5, 5.41) is 2.72. The van der Waals surface area contributed by atoms with Gasteiger partial charge < -0.3 is 0 Å². The standard InChI is InChI=1S/C20H35N3O/c1-2-3-4-5-6-7-8-9-10-11-12-13-14-16-19(24)23-20-21-17-15-18-22-20/h15,17-18H,2-14,16H2,1H3,(H,21,22,23,24). The highest BCUT2D eigenvalue weighted by Crippen LogP contribution is 2.13. The van der Waals surface area contributed by atoms with E-state index in [9.17, 15) is 4.79 Å². The zero-order valence-electron chi connectivity index (χ0n) is 15.4. The van der Waals surface area contributed by atoms with Crippen molar-refractivity contribution in [3.05, 3.63) is 18.5 Å². The van der Waals surface area contributed by atoms with Crippen LogP contribution in [0.15, 0.2) is 18.5 Å². The molecule has 0 aliphatic rings. The van der Waals surface area contributed by atoms with E-state index in [-0.39, 0.29) is 5.91 Å². The average molecular weight is 334 g/mol. The SMILES string of the molecule is CCCCCCCCCCCCCCCC(=O)Nc1ncccn1. The van der Waals surface area contributed by atoms with E-state index in [1.165, 1.54) is 70.6 Å². The normalized spacial score (nSPS) is 10.7. The van der Waals surface area contributed by atoms with E-state index in [2.05, 4.69) is 22.2 Å². The minimum absolute atomic E-state index is 0.0178. The van der Waals surface area contributed by atoms with Gasteiger partial charge in [-0.2, -0.15) is 0 Å². The zero-order valence-corrected chi connectivity index (χ0v) is 15.4. The second kappa shape index (κ2) is 15.1. The van der Waals surface area contributed by atoms with Gasteiger partial charge in [-0.25, -0.2) is 9.97 Å². The first-order valence-corrected chi connectivity index (χ1v) is 9.90. The monoisotopic (exact) mass is 333 g/mol. The van der Waals surface area contributed by atoms with E-state index in [0.29, 0.717) is 12.4 Å². The molecule has 0 aliphatic heterocycles. The molecule has 4 heteroatoms. The van der Waals surface area contributed by atoms with Crippen molar-refractivity contribution in [3.63, 3.8) is 0 Å². The predicted molar refractivity (Wildman–Crippen MR) is 101 cm³/mol. The second-order valence-electron chi connectivity index (χ2n) is 6.61. The number of carbonyl (C=O) groups excluding carboxylic acids is 1. The van der Waals surface area contributed by atoms with E-state index in [1.54, 1.807) is 18.5 Å². The Morgan fingerprint density at radius 1 is 0.792 bits per heavy atom. The summed E-state index contributed by atoms with van der Waals surface area (Å²) in [5.74, 6) is 0.418. The Hall–Kier alpha value is -1.45. The molecular weight excluding hydrogens is 298 g/mol. The van der Waals surface area contributed by atoms with Crippen molar-refractivity contribution in [2.24, 2.45) is 0 Å². The molecule has 0 fully saturated rings. The summed E-state index contributed by atoms with van der Waals surface area (Å²) in [6.45, 7) is 2.27. The summed E-state index contributed by atoms with van der Waals surface area (Å²) in [4.78, 5) is 19.7. The van der Waals surface area contributed by atoms with E-state index in [4.69, 9.17) is 0 Å². The van der Waals surface area contributed by atoms with Crippen LogP contribution in [0.2, 0.25) is 0 Å². The van der Waals surface area contributed by atoms with Gasteiger partial charge in [0.05, 0.1) is 0 Å². The van der Waals surface area contributed by atoms with Crippen molar-refractivity contribution in [1.82, 2.24) is 9.97 Å². The number of amides is 1. The smallest absolute Gasteiger partial charge is 0.229 e. The van der Waals surface area contributed by atoms with Crippen molar-refractivity contribution in [1.29, 1.82) is 0 Å². The number of nitrogens with zero attached hydrogens (tertiary/aromatic N) is 2. The first-order chi connectivity index (χ1) is 11.8. The molecule has 0 saturated heterocycles. The van der Waals surface area contributed by atoms with Gasteiger partial charge in [0.1, 0.15) is 0 Å². The lowest BCUT2D eigenvalue weighted by molar-refractivity contribution is -0.116. The van der Waals surface area contributed by atoms with E-state index >= 15 is 0 Å². The molecule has 1 heterocycles. The summed E-state index contributed by atoms with van der Waals surface area (Å²) in [7, 11) is 0. The van der Waals surface area contributed by atoms with Crippen LogP contribution in [-0.4, -0.2) is 15.9 Å². The van der Waals surface area contributed by atoms with Gasteiger partial charge in [-0.05, 0) is 12.5 Å². The maximum Gasteiger partial charge on any atom is 0.229 e. The number of hydrogen-bond acceptors (Lipinski definition) is 3. The minimum atomic E-state index is 0.0178. The molecule has 0 unspecified atom stereocenters. The number of hydrogen-bond donors (Lipinski definition) is 1. The average Bonchev–Trinajstić information content (AvgIpc) is 2.60. The van der Waals surface area contributed by atoms with Gasteiger partial charge in [0.2, 0.25) is 11.9 Å². The lowest BCUT2D eigenvalue weighted by Crippen LogP contribution is -2.13. The lowest BCUT2D eigenvalue weighted by atomic mass is 10.0. The summed E-state index contributed by atoms with van der Waals surface area (Å²) in [6.07, 6.45) is 21.0. The van der Waals surface area contributed by atoms with Gasteiger partial charge in [0, 0.05) is 18.8 Å². The number of aromatic nitrogens is 2. The largest absolute Gasteiger partial charge is 0.295 e. The number of nitrogens with one attached hydrogen (secondary N) is 1. The molecule has 24 heavy (non-hydrogen) atoms. The Morgan fingerprint density at radius 3 is 1.75 bits per heavy atom. The van der Waals surface area contributed by atoms with Crippen LogP contribution in [0.4, 0.5) is 5.95 Å². The van der Waals surface area contributed by atoms with Crippen LogP contribution in [0, 0.1) is 0 Å². The van der Waals surface area contributed by atoms with Crippen molar-refractivity contribution < 1.29 is 4.79 Å². The van der Waals surface area contributed by atoms with Crippen LogP contribution >= 0.6 is 0 Å². The van der Waals surface area contributed by atoms with Crippen LogP contribution < -0.4 is 5.32 Å². The molecular formula is C20H35N3O. The molecule has 1 amide bonds. The Labute approximate surface area is 147 Å². The third-order valence-corrected chi connectivity index (χ3v) is 4.32. The van der Waals surface area contributed by atoms with Gasteiger partial charge in [-0.1, -0.05) is 84.0 Å². The number of anilines is 1. The van der Waals surface area contributed by atoms with E-state index in [0.717, 1.165) is 12.8 Å². The van der Waals surface area contributed by atoms with Gasteiger partial charge in [0.15, 0.2) is 0 Å². The molecule has 1 rings (SSSR count). The fourth-order valence-electron chi connectivity index (χ4n) is 2.85. The molecule has 0 aliphatic carbocycles. The molecule has 1 N–H and O–H groups in total. The number of unbranched alkanes of at least 4 members (excludes halogenated alkanes) is 12. The predicted octanol–water partition coefficient (Wildman–Crippen LogP) is 5.90. The molecule has 0 aromatic carbocycles.